The van der Waals surface area contributed by atoms with Crippen molar-refractivity contribution in [3.63, 3.8) is 0 Å². The van der Waals surface area contributed by atoms with Gasteiger partial charge in [-0.2, -0.15) is 0 Å². The molecule has 3 nitrogen and oxygen atoms in total. The average molecular weight is 291 g/mol. The van der Waals surface area contributed by atoms with E-state index in [1.807, 2.05) is 12.1 Å². The number of hydrogen-bond donors (Lipinski definition) is 1. The summed E-state index contributed by atoms with van der Waals surface area (Å²) in [6.07, 6.45) is 2.48. The minimum Gasteiger partial charge on any atom is -0.357 e. The van der Waals surface area contributed by atoms with Crippen molar-refractivity contribution in [3.8, 4) is 0 Å². The number of likely N-dealkylation sites (tertiary alicyclic amines) is 1. The summed E-state index contributed by atoms with van der Waals surface area (Å²) in [4.78, 5) is 7.13. The molecule has 1 aliphatic rings. The number of rotatable bonds is 4. The normalized spacial score (nSPS) is 16.4. The molecule has 0 radical (unpaired) electrons. The van der Waals surface area contributed by atoms with Gasteiger partial charge in [0, 0.05) is 25.0 Å². The van der Waals surface area contributed by atoms with Gasteiger partial charge >= 0.3 is 0 Å². The minimum atomic E-state index is -0.191. The van der Waals surface area contributed by atoms with Gasteiger partial charge in [0.15, 0.2) is 5.96 Å². The predicted molar refractivity (Wildman–Crippen MR) is 86.2 cm³/mol. The van der Waals surface area contributed by atoms with E-state index in [1.165, 1.54) is 25.0 Å². The molecule has 21 heavy (non-hydrogen) atoms. The summed E-state index contributed by atoms with van der Waals surface area (Å²) in [6.45, 7) is 10.1. The highest BCUT2D eigenvalue weighted by molar-refractivity contribution is 5.80. The van der Waals surface area contributed by atoms with Gasteiger partial charge in [0.25, 0.3) is 0 Å². The Morgan fingerprint density at radius 2 is 1.86 bits per heavy atom. The lowest BCUT2D eigenvalue weighted by Gasteiger charge is -2.26. The number of hydrogen-bond acceptors (Lipinski definition) is 1. The second-order valence-electron chi connectivity index (χ2n) is 6.26. The van der Waals surface area contributed by atoms with Crippen LogP contribution in [0.5, 0.6) is 0 Å². The lowest BCUT2D eigenvalue weighted by molar-refractivity contribution is 0.479. The SMILES string of the molecule is CCNC(=NCC(C)(C)c1ccc(F)cc1)N1CCCC1. The van der Waals surface area contributed by atoms with E-state index in [0.717, 1.165) is 31.2 Å². The van der Waals surface area contributed by atoms with Crippen LogP contribution in [0.25, 0.3) is 0 Å². The number of benzene rings is 1. The molecule has 0 bridgehead atoms. The van der Waals surface area contributed by atoms with Crippen molar-refractivity contribution in [1.29, 1.82) is 0 Å². The molecule has 1 saturated heterocycles. The number of halogens is 1. The van der Waals surface area contributed by atoms with Crippen molar-refractivity contribution in [1.82, 2.24) is 10.2 Å². The third-order valence-electron chi connectivity index (χ3n) is 3.99. The van der Waals surface area contributed by atoms with Crippen molar-refractivity contribution in [3.05, 3.63) is 35.6 Å². The number of guanidine groups is 1. The number of nitrogens with one attached hydrogen (secondary N) is 1. The van der Waals surface area contributed by atoms with Crippen LogP contribution in [-0.2, 0) is 5.41 Å². The summed E-state index contributed by atoms with van der Waals surface area (Å²) in [6, 6.07) is 6.75. The molecule has 0 aromatic heterocycles. The Kier molecular flexibility index (Phi) is 5.21. The van der Waals surface area contributed by atoms with E-state index < -0.39 is 0 Å². The molecule has 2 rings (SSSR count). The smallest absolute Gasteiger partial charge is 0.193 e. The molecular weight excluding hydrogens is 265 g/mol. The Morgan fingerprint density at radius 3 is 2.43 bits per heavy atom. The summed E-state index contributed by atoms with van der Waals surface area (Å²) in [7, 11) is 0. The molecule has 0 aliphatic carbocycles. The molecule has 116 valence electrons. The number of nitrogens with zero attached hydrogens (tertiary/aromatic N) is 2. The van der Waals surface area contributed by atoms with Gasteiger partial charge in [0.05, 0.1) is 6.54 Å². The van der Waals surface area contributed by atoms with Crippen molar-refractivity contribution >= 4 is 5.96 Å². The van der Waals surface area contributed by atoms with Gasteiger partial charge in [-0.05, 0) is 37.5 Å². The van der Waals surface area contributed by atoms with Gasteiger partial charge in [-0.3, -0.25) is 4.99 Å². The molecular formula is C17H26FN3. The predicted octanol–water partition coefficient (Wildman–Crippen LogP) is 3.16. The van der Waals surface area contributed by atoms with E-state index in [-0.39, 0.29) is 11.2 Å². The van der Waals surface area contributed by atoms with Crippen LogP contribution in [-0.4, -0.2) is 37.0 Å². The molecule has 0 amide bonds. The monoisotopic (exact) mass is 291 g/mol. The third-order valence-corrected chi connectivity index (χ3v) is 3.99. The molecule has 1 fully saturated rings. The van der Waals surface area contributed by atoms with Gasteiger partial charge in [-0.1, -0.05) is 26.0 Å². The Bertz CT molecular complexity index is 473. The first-order valence-corrected chi connectivity index (χ1v) is 7.82. The minimum absolute atomic E-state index is 0.103. The van der Waals surface area contributed by atoms with Crippen molar-refractivity contribution in [2.45, 2.75) is 39.0 Å². The summed E-state index contributed by atoms with van der Waals surface area (Å²) < 4.78 is 13.0. The van der Waals surface area contributed by atoms with Gasteiger partial charge in [-0.15, -0.1) is 0 Å². The van der Waals surface area contributed by atoms with Gasteiger partial charge < -0.3 is 10.2 Å². The highest BCUT2D eigenvalue weighted by atomic mass is 19.1. The van der Waals surface area contributed by atoms with Crippen LogP contribution in [0.3, 0.4) is 0 Å². The maximum atomic E-state index is 13.0. The zero-order valence-electron chi connectivity index (χ0n) is 13.3. The molecule has 1 heterocycles. The quantitative estimate of drug-likeness (QED) is 0.681. The molecule has 0 saturated carbocycles. The van der Waals surface area contributed by atoms with E-state index in [9.17, 15) is 4.39 Å². The van der Waals surface area contributed by atoms with Gasteiger partial charge in [0.2, 0.25) is 0 Å². The largest absolute Gasteiger partial charge is 0.357 e. The molecule has 0 unspecified atom stereocenters. The first kappa shape index (κ1) is 15.8. The van der Waals surface area contributed by atoms with E-state index in [1.54, 1.807) is 0 Å². The van der Waals surface area contributed by atoms with Crippen LogP contribution < -0.4 is 5.32 Å². The molecule has 0 atom stereocenters. The van der Waals surface area contributed by atoms with E-state index in [4.69, 9.17) is 4.99 Å². The third kappa shape index (κ3) is 4.19. The lowest BCUT2D eigenvalue weighted by atomic mass is 9.85. The fourth-order valence-electron chi connectivity index (χ4n) is 2.62. The Balaban J connectivity index is 2.09. The van der Waals surface area contributed by atoms with Crippen LogP contribution >= 0.6 is 0 Å². The van der Waals surface area contributed by atoms with E-state index in [2.05, 4.69) is 31.0 Å². The average Bonchev–Trinajstić information content (AvgIpc) is 2.98. The summed E-state index contributed by atoms with van der Waals surface area (Å²) in [5.74, 6) is 0.814. The molecule has 1 aliphatic heterocycles. The first-order valence-electron chi connectivity index (χ1n) is 7.82. The van der Waals surface area contributed by atoms with Crippen LogP contribution in [0.1, 0.15) is 39.2 Å². The second kappa shape index (κ2) is 6.92. The summed E-state index contributed by atoms with van der Waals surface area (Å²) >= 11 is 0. The van der Waals surface area contributed by atoms with E-state index in [0.29, 0.717) is 6.54 Å². The van der Waals surface area contributed by atoms with Gasteiger partial charge in [0.1, 0.15) is 5.82 Å². The summed E-state index contributed by atoms with van der Waals surface area (Å²) in [5.41, 5.74) is 1.01. The van der Waals surface area contributed by atoms with Gasteiger partial charge in [-0.25, -0.2) is 4.39 Å². The zero-order valence-corrected chi connectivity index (χ0v) is 13.3. The first-order chi connectivity index (χ1) is 10.0. The van der Waals surface area contributed by atoms with Crippen molar-refractivity contribution in [2.75, 3.05) is 26.2 Å². The Labute approximate surface area is 127 Å². The second-order valence-corrected chi connectivity index (χ2v) is 6.26. The topological polar surface area (TPSA) is 27.6 Å². The molecule has 0 spiro atoms. The van der Waals surface area contributed by atoms with Crippen LogP contribution in [0.15, 0.2) is 29.3 Å². The molecule has 1 N–H and O–H groups in total. The van der Waals surface area contributed by atoms with Crippen molar-refractivity contribution < 1.29 is 4.39 Å². The van der Waals surface area contributed by atoms with Crippen LogP contribution in [0.4, 0.5) is 4.39 Å². The van der Waals surface area contributed by atoms with Crippen molar-refractivity contribution in [2.24, 2.45) is 4.99 Å². The van der Waals surface area contributed by atoms with Crippen LogP contribution in [0, 0.1) is 5.82 Å². The maximum Gasteiger partial charge on any atom is 0.193 e. The standard InChI is InChI=1S/C17H26FN3/c1-4-19-16(21-11-5-6-12-21)20-13-17(2,3)14-7-9-15(18)10-8-14/h7-10H,4-6,11-13H2,1-3H3,(H,19,20). The summed E-state index contributed by atoms with van der Waals surface area (Å²) in [5, 5.41) is 3.37. The Hall–Kier alpha value is -1.58. The lowest BCUT2D eigenvalue weighted by Crippen LogP contribution is -2.40. The fraction of sp³-hybridized carbons (Fsp3) is 0.588. The zero-order chi connectivity index (χ0) is 15.3. The fourth-order valence-corrected chi connectivity index (χ4v) is 2.62. The molecule has 4 heteroatoms. The molecule has 1 aromatic carbocycles. The maximum absolute atomic E-state index is 13.0. The number of aliphatic imine (C=N–C) groups is 1. The van der Waals surface area contributed by atoms with Crippen LogP contribution in [0.2, 0.25) is 0 Å². The Morgan fingerprint density at radius 1 is 1.24 bits per heavy atom. The van der Waals surface area contributed by atoms with E-state index >= 15 is 0 Å². The highest BCUT2D eigenvalue weighted by Gasteiger charge is 2.22. The molecule has 1 aromatic rings. The highest BCUT2D eigenvalue weighted by Crippen LogP contribution is 2.24.